The standard InChI is InChI=1S/C23H19N3O3S/c1-15-9-11-17(12-10-15)20-22(26-21(28)18-8-5-13-29-18)30-23(25-20)24-19(27)14-16-6-3-2-4-7-16/h2-13H,14H2,1H3,(H,26,28)(H,24,25,27). The Morgan fingerprint density at radius 1 is 0.967 bits per heavy atom. The van der Waals surface area contributed by atoms with Gasteiger partial charge in [0, 0.05) is 5.56 Å². The molecule has 6 nitrogen and oxygen atoms in total. The summed E-state index contributed by atoms with van der Waals surface area (Å²) in [7, 11) is 0. The van der Waals surface area contributed by atoms with Crippen molar-refractivity contribution < 1.29 is 14.0 Å². The molecular weight excluding hydrogens is 398 g/mol. The minimum atomic E-state index is -0.376. The summed E-state index contributed by atoms with van der Waals surface area (Å²) < 4.78 is 5.17. The third kappa shape index (κ3) is 4.64. The summed E-state index contributed by atoms with van der Waals surface area (Å²) in [5.41, 5.74) is 3.47. The van der Waals surface area contributed by atoms with Crippen LogP contribution in [0.4, 0.5) is 10.1 Å². The molecule has 2 heterocycles. The molecule has 0 fully saturated rings. The lowest BCUT2D eigenvalue weighted by Gasteiger charge is -2.04. The first-order valence-corrected chi connectivity index (χ1v) is 10.2. The summed E-state index contributed by atoms with van der Waals surface area (Å²) in [6.45, 7) is 2.00. The van der Waals surface area contributed by atoms with Crippen LogP contribution in [0.25, 0.3) is 11.3 Å². The van der Waals surface area contributed by atoms with Gasteiger partial charge in [-0.1, -0.05) is 71.5 Å². The van der Waals surface area contributed by atoms with Crippen LogP contribution in [0, 0.1) is 6.92 Å². The summed E-state index contributed by atoms with van der Waals surface area (Å²) in [4.78, 5) is 29.5. The van der Waals surface area contributed by atoms with Crippen LogP contribution in [0.3, 0.4) is 0 Å². The van der Waals surface area contributed by atoms with E-state index >= 15 is 0 Å². The number of hydrogen-bond acceptors (Lipinski definition) is 5. The van der Waals surface area contributed by atoms with Crippen molar-refractivity contribution in [1.82, 2.24) is 4.98 Å². The fraction of sp³-hybridized carbons (Fsp3) is 0.0870. The summed E-state index contributed by atoms with van der Waals surface area (Å²) >= 11 is 1.21. The highest BCUT2D eigenvalue weighted by Crippen LogP contribution is 2.36. The average Bonchev–Trinajstić information content (AvgIpc) is 3.40. The number of benzene rings is 2. The summed E-state index contributed by atoms with van der Waals surface area (Å²) in [5.74, 6) is -0.346. The zero-order valence-electron chi connectivity index (χ0n) is 16.2. The van der Waals surface area contributed by atoms with Crippen molar-refractivity contribution in [3.63, 3.8) is 0 Å². The van der Waals surface area contributed by atoms with E-state index in [0.29, 0.717) is 15.8 Å². The van der Waals surface area contributed by atoms with Gasteiger partial charge >= 0.3 is 0 Å². The second-order valence-corrected chi connectivity index (χ2v) is 7.70. The zero-order chi connectivity index (χ0) is 20.9. The van der Waals surface area contributed by atoms with Crippen molar-refractivity contribution in [3.8, 4) is 11.3 Å². The second-order valence-electron chi connectivity index (χ2n) is 6.70. The Balaban J connectivity index is 1.59. The predicted molar refractivity (Wildman–Crippen MR) is 118 cm³/mol. The van der Waals surface area contributed by atoms with E-state index in [1.54, 1.807) is 12.1 Å². The first-order valence-electron chi connectivity index (χ1n) is 9.35. The van der Waals surface area contributed by atoms with Crippen LogP contribution in [0.2, 0.25) is 0 Å². The minimum absolute atomic E-state index is 0.172. The molecule has 0 spiro atoms. The molecule has 30 heavy (non-hydrogen) atoms. The molecule has 0 saturated carbocycles. The molecule has 7 heteroatoms. The summed E-state index contributed by atoms with van der Waals surface area (Å²) in [5, 5.41) is 6.63. The summed E-state index contributed by atoms with van der Waals surface area (Å²) in [6, 6.07) is 20.5. The summed E-state index contributed by atoms with van der Waals surface area (Å²) in [6.07, 6.45) is 1.69. The second kappa shape index (κ2) is 8.75. The number of nitrogens with one attached hydrogen (secondary N) is 2. The Bertz CT molecular complexity index is 1150. The van der Waals surface area contributed by atoms with Crippen LogP contribution in [-0.2, 0) is 11.2 Å². The van der Waals surface area contributed by atoms with Crippen molar-refractivity contribution in [2.45, 2.75) is 13.3 Å². The molecule has 0 bridgehead atoms. The maximum Gasteiger partial charge on any atom is 0.292 e. The SMILES string of the molecule is Cc1ccc(-c2nc(NC(=O)Cc3ccccc3)sc2NC(=O)c2ccco2)cc1. The Morgan fingerprint density at radius 3 is 2.43 bits per heavy atom. The predicted octanol–water partition coefficient (Wildman–Crippen LogP) is 5.15. The van der Waals surface area contributed by atoms with Gasteiger partial charge < -0.3 is 15.1 Å². The lowest BCUT2D eigenvalue weighted by molar-refractivity contribution is -0.115. The normalized spacial score (nSPS) is 10.6. The third-order valence-corrected chi connectivity index (χ3v) is 5.26. The van der Waals surface area contributed by atoms with Crippen molar-refractivity contribution in [2.24, 2.45) is 0 Å². The van der Waals surface area contributed by atoms with Crippen LogP contribution in [-0.4, -0.2) is 16.8 Å². The van der Waals surface area contributed by atoms with Gasteiger partial charge in [-0.3, -0.25) is 9.59 Å². The highest BCUT2D eigenvalue weighted by molar-refractivity contribution is 7.20. The van der Waals surface area contributed by atoms with Crippen molar-refractivity contribution in [3.05, 3.63) is 89.9 Å². The number of furan rings is 1. The van der Waals surface area contributed by atoms with E-state index in [1.807, 2.05) is 61.5 Å². The number of amides is 2. The van der Waals surface area contributed by atoms with Gasteiger partial charge in [-0.15, -0.1) is 0 Å². The van der Waals surface area contributed by atoms with E-state index in [1.165, 1.54) is 17.6 Å². The molecule has 2 amide bonds. The van der Waals surface area contributed by atoms with Gasteiger partial charge in [-0.2, -0.15) is 0 Å². The number of aromatic nitrogens is 1. The van der Waals surface area contributed by atoms with Gasteiger partial charge in [0.05, 0.1) is 12.7 Å². The number of rotatable bonds is 6. The minimum Gasteiger partial charge on any atom is -0.459 e. The molecular formula is C23H19N3O3S. The Morgan fingerprint density at radius 2 is 1.73 bits per heavy atom. The fourth-order valence-electron chi connectivity index (χ4n) is 2.88. The van der Waals surface area contributed by atoms with E-state index in [2.05, 4.69) is 15.6 Å². The Hall–Kier alpha value is -3.71. The molecule has 150 valence electrons. The quantitative estimate of drug-likeness (QED) is 0.455. The van der Waals surface area contributed by atoms with Crippen LogP contribution in [0.1, 0.15) is 21.7 Å². The molecule has 4 rings (SSSR count). The van der Waals surface area contributed by atoms with Crippen molar-refractivity contribution >= 4 is 33.3 Å². The lowest BCUT2D eigenvalue weighted by Crippen LogP contribution is -2.14. The topological polar surface area (TPSA) is 84.2 Å². The van der Waals surface area contributed by atoms with E-state index in [0.717, 1.165) is 16.7 Å². The van der Waals surface area contributed by atoms with E-state index in [-0.39, 0.29) is 24.0 Å². The first kappa shape index (κ1) is 19.6. The van der Waals surface area contributed by atoms with Crippen LogP contribution < -0.4 is 10.6 Å². The Labute approximate surface area is 177 Å². The highest BCUT2D eigenvalue weighted by Gasteiger charge is 2.19. The van der Waals surface area contributed by atoms with Gasteiger partial charge in [0.1, 0.15) is 10.7 Å². The average molecular weight is 417 g/mol. The number of anilines is 2. The fourth-order valence-corrected chi connectivity index (χ4v) is 3.78. The van der Waals surface area contributed by atoms with Crippen LogP contribution in [0.5, 0.6) is 0 Å². The molecule has 2 aromatic heterocycles. The lowest BCUT2D eigenvalue weighted by atomic mass is 10.1. The number of hydrogen-bond donors (Lipinski definition) is 2. The molecule has 2 N–H and O–H groups in total. The number of aryl methyl sites for hydroxylation is 1. The molecule has 0 radical (unpaired) electrons. The molecule has 0 aliphatic heterocycles. The van der Waals surface area contributed by atoms with E-state index in [4.69, 9.17) is 4.42 Å². The monoisotopic (exact) mass is 417 g/mol. The maximum atomic E-state index is 12.5. The smallest absolute Gasteiger partial charge is 0.292 e. The molecule has 2 aromatic carbocycles. The van der Waals surface area contributed by atoms with Crippen molar-refractivity contribution in [1.29, 1.82) is 0 Å². The number of nitrogens with zero attached hydrogens (tertiary/aromatic N) is 1. The molecule has 0 saturated heterocycles. The van der Waals surface area contributed by atoms with Gasteiger partial charge in [0.25, 0.3) is 5.91 Å². The zero-order valence-corrected chi connectivity index (χ0v) is 17.0. The molecule has 0 aliphatic carbocycles. The van der Waals surface area contributed by atoms with Crippen LogP contribution >= 0.6 is 11.3 Å². The molecule has 0 atom stereocenters. The van der Waals surface area contributed by atoms with E-state index in [9.17, 15) is 9.59 Å². The van der Waals surface area contributed by atoms with Gasteiger partial charge in [0.15, 0.2) is 10.9 Å². The first-order chi connectivity index (χ1) is 14.6. The van der Waals surface area contributed by atoms with E-state index < -0.39 is 0 Å². The molecule has 4 aromatic rings. The highest BCUT2D eigenvalue weighted by atomic mass is 32.1. The van der Waals surface area contributed by atoms with Crippen LogP contribution in [0.15, 0.2) is 77.4 Å². The van der Waals surface area contributed by atoms with Gasteiger partial charge in [-0.05, 0) is 24.6 Å². The largest absolute Gasteiger partial charge is 0.459 e. The Kier molecular flexibility index (Phi) is 5.72. The number of carbonyl (C=O) groups is 2. The number of carbonyl (C=O) groups excluding carboxylic acids is 2. The van der Waals surface area contributed by atoms with Gasteiger partial charge in [0.2, 0.25) is 5.91 Å². The molecule has 0 unspecified atom stereocenters. The van der Waals surface area contributed by atoms with Gasteiger partial charge in [-0.25, -0.2) is 4.98 Å². The molecule has 0 aliphatic rings. The third-order valence-electron chi connectivity index (χ3n) is 4.38. The maximum absolute atomic E-state index is 12.5. The number of thiazole rings is 1. The van der Waals surface area contributed by atoms with Crippen molar-refractivity contribution in [2.75, 3.05) is 10.6 Å².